The van der Waals surface area contributed by atoms with E-state index in [4.69, 9.17) is 4.74 Å². The molecule has 1 unspecified atom stereocenters. The molecule has 2 aromatic rings. The second kappa shape index (κ2) is 8.57. The van der Waals surface area contributed by atoms with E-state index >= 15 is 0 Å². The molecule has 0 spiro atoms. The van der Waals surface area contributed by atoms with Gasteiger partial charge in [0.2, 0.25) is 5.91 Å². The molecule has 0 radical (unpaired) electrons. The predicted octanol–water partition coefficient (Wildman–Crippen LogP) is 1.11. The van der Waals surface area contributed by atoms with E-state index in [0.29, 0.717) is 25.6 Å². The van der Waals surface area contributed by atoms with Gasteiger partial charge in [0, 0.05) is 33.4 Å². The number of aryl methyl sites for hydroxylation is 1. The number of aromatic nitrogens is 2. The first-order valence-corrected chi connectivity index (χ1v) is 9.03. The number of carbonyl (C=O) groups excluding carboxylic acids is 1. The van der Waals surface area contributed by atoms with E-state index < -0.39 is 0 Å². The van der Waals surface area contributed by atoms with Crippen LogP contribution in [0.4, 0.5) is 5.69 Å². The van der Waals surface area contributed by atoms with E-state index in [1.165, 1.54) is 0 Å². The molecule has 0 aliphatic carbocycles. The Labute approximate surface area is 159 Å². The molecule has 1 saturated heterocycles. The lowest BCUT2D eigenvalue weighted by Gasteiger charge is -2.35. The van der Waals surface area contributed by atoms with Gasteiger partial charge < -0.3 is 19.9 Å². The zero-order valence-corrected chi connectivity index (χ0v) is 16.0. The van der Waals surface area contributed by atoms with Gasteiger partial charge in [0.05, 0.1) is 18.4 Å². The molecule has 144 valence electrons. The zero-order chi connectivity index (χ0) is 19.2. The van der Waals surface area contributed by atoms with Crippen LogP contribution in [-0.2, 0) is 11.8 Å². The Bertz CT molecular complexity index is 789. The molecule has 0 bridgehead atoms. The minimum Gasteiger partial charge on any atom is -0.489 e. The SMILES string of the molecule is CN=C(NCC(C)Oc1ccccc1)N1CCN(c2cnn(C)c2)C(=O)C1. The van der Waals surface area contributed by atoms with E-state index in [0.717, 1.165) is 11.4 Å². The monoisotopic (exact) mass is 370 g/mol. The van der Waals surface area contributed by atoms with Gasteiger partial charge in [-0.05, 0) is 19.1 Å². The van der Waals surface area contributed by atoms with Crippen LogP contribution in [0.2, 0.25) is 0 Å². The van der Waals surface area contributed by atoms with Crippen LogP contribution in [0.1, 0.15) is 6.92 Å². The second-order valence-corrected chi connectivity index (χ2v) is 6.51. The summed E-state index contributed by atoms with van der Waals surface area (Å²) in [6, 6.07) is 9.71. The number of amides is 1. The molecule has 27 heavy (non-hydrogen) atoms. The van der Waals surface area contributed by atoms with Crippen molar-refractivity contribution in [1.82, 2.24) is 20.0 Å². The number of anilines is 1. The van der Waals surface area contributed by atoms with Crippen molar-refractivity contribution >= 4 is 17.6 Å². The fourth-order valence-electron chi connectivity index (χ4n) is 3.02. The van der Waals surface area contributed by atoms with Gasteiger partial charge >= 0.3 is 0 Å². The van der Waals surface area contributed by atoms with Gasteiger partial charge in [-0.3, -0.25) is 14.5 Å². The quantitative estimate of drug-likeness (QED) is 0.630. The number of aliphatic imine (C=N–C) groups is 1. The Morgan fingerprint density at radius 3 is 2.74 bits per heavy atom. The summed E-state index contributed by atoms with van der Waals surface area (Å²) in [6.07, 6.45) is 3.53. The van der Waals surface area contributed by atoms with Crippen molar-refractivity contribution in [1.29, 1.82) is 0 Å². The molecule has 1 N–H and O–H groups in total. The maximum absolute atomic E-state index is 12.6. The van der Waals surface area contributed by atoms with E-state index in [2.05, 4.69) is 15.4 Å². The van der Waals surface area contributed by atoms with Gasteiger partial charge in [0.15, 0.2) is 5.96 Å². The number of rotatable bonds is 5. The van der Waals surface area contributed by atoms with E-state index in [9.17, 15) is 4.79 Å². The number of nitrogens with one attached hydrogen (secondary N) is 1. The summed E-state index contributed by atoms with van der Waals surface area (Å²) in [7, 11) is 3.57. The Balaban J connectivity index is 1.52. The molecule has 3 rings (SSSR count). The molecular weight excluding hydrogens is 344 g/mol. The molecule has 1 aromatic carbocycles. The van der Waals surface area contributed by atoms with Crippen molar-refractivity contribution < 1.29 is 9.53 Å². The molecule has 1 amide bonds. The lowest BCUT2D eigenvalue weighted by molar-refractivity contribution is -0.120. The van der Waals surface area contributed by atoms with Crippen LogP contribution in [-0.4, -0.2) is 65.9 Å². The summed E-state index contributed by atoms with van der Waals surface area (Å²) < 4.78 is 7.57. The van der Waals surface area contributed by atoms with Gasteiger partial charge in [-0.25, -0.2) is 0 Å². The lowest BCUT2D eigenvalue weighted by atomic mass is 10.3. The van der Waals surface area contributed by atoms with Crippen LogP contribution >= 0.6 is 0 Å². The molecule has 1 atom stereocenters. The highest BCUT2D eigenvalue weighted by atomic mass is 16.5. The van der Waals surface area contributed by atoms with Crippen molar-refractivity contribution in [2.75, 3.05) is 38.1 Å². The minimum absolute atomic E-state index is 0.0310. The molecule has 1 aliphatic heterocycles. The topological polar surface area (TPSA) is 75.0 Å². The number of piperazine rings is 1. The van der Waals surface area contributed by atoms with Gasteiger partial charge in [-0.1, -0.05) is 18.2 Å². The highest BCUT2D eigenvalue weighted by molar-refractivity contribution is 5.98. The third kappa shape index (κ3) is 4.78. The van der Waals surface area contributed by atoms with Crippen molar-refractivity contribution in [3.05, 3.63) is 42.7 Å². The summed E-state index contributed by atoms with van der Waals surface area (Å²) in [5.41, 5.74) is 0.829. The number of guanidine groups is 1. The third-order valence-corrected chi connectivity index (χ3v) is 4.36. The Hall–Kier alpha value is -3.03. The van der Waals surface area contributed by atoms with Crippen LogP contribution in [0.3, 0.4) is 0 Å². The highest BCUT2D eigenvalue weighted by Crippen LogP contribution is 2.16. The lowest BCUT2D eigenvalue weighted by Crippen LogP contribution is -2.56. The molecule has 0 saturated carbocycles. The van der Waals surface area contributed by atoms with Crippen LogP contribution in [0.5, 0.6) is 5.75 Å². The van der Waals surface area contributed by atoms with E-state index in [1.54, 1.807) is 22.8 Å². The largest absolute Gasteiger partial charge is 0.489 e. The molecule has 1 aromatic heterocycles. The average Bonchev–Trinajstić information content (AvgIpc) is 3.09. The van der Waals surface area contributed by atoms with E-state index in [-0.39, 0.29) is 18.6 Å². The smallest absolute Gasteiger partial charge is 0.246 e. The fraction of sp³-hybridized carbons (Fsp3) is 0.421. The van der Waals surface area contributed by atoms with Crippen LogP contribution < -0.4 is 15.0 Å². The first kappa shape index (κ1) is 18.8. The van der Waals surface area contributed by atoms with Gasteiger partial charge in [-0.15, -0.1) is 0 Å². The zero-order valence-electron chi connectivity index (χ0n) is 16.0. The molecule has 8 heteroatoms. The van der Waals surface area contributed by atoms with Crippen LogP contribution in [0, 0.1) is 0 Å². The van der Waals surface area contributed by atoms with Crippen molar-refractivity contribution in [3.63, 3.8) is 0 Å². The first-order chi connectivity index (χ1) is 13.1. The van der Waals surface area contributed by atoms with E-state index in [1.807, 2.05) is 55.4 Å². The minimum atomic E-state index is -0.0310. The van der Waals surface area contributed by atoms with Gasteiger partial charge in [0.1, 0.15) is 18.4 Å². The molecule has 1 aliphatic rings. The molecule has 8 nitrogen and oxygen atoms in total. The molecule has 2 heterocycles. The summed E-state index contributed by atoms with van der Waals surface area (Å²) in [5, 5.41) is 7.44. The predicted molar refractivity (Wildman–Crippen MR) is 105 cm³/mol. The van der Waals surface area contributed by atoms with Crippen LogP contribution in [0.25, 0.3) is 0 Å². The fourth-order valence-corrected chi connectivity index (χ4v) is 3.02. The number of ether oxygens (including phenoxy) is 1. The standard InChI is InChI=1S/C19H26N6O2/c1-15(27-17-7-5-4-6-8-17)11-21-19(20-2)24-9-10-25(18(26)14-24)16-12-22-23(3)13-16/h4-8,12-13,15H,9-11,14H2,1-3H3,(H,20,21). The second-order valence-electron chi connectivity index (χ2n) is 6.51. The molecule has 1 fully saturated rings. The summed E-state index contributed by atoms with van der Waals surface area (Å²) in [4.78, 5) is 20.6. The Morgan fingerprint density at radius 1 is 1.33 bits per heavy atom. The van der Waals surface area contributed by atoms with Crippen molar-refractivity contribution in [2.24, 2.45) is 12.0 Å². The summed E-state index contributed by atoms with van der Waals surface area (Å²) in [5.74, 6) is 1.57. The number of hydrogen-bond donors (Lipinski definition) is 1. The number of nitrogens with zero attached hydrogens (tertiary/aromatic N) is 5. The number of benzene rings is 1. The third-order valence-electron chi connectivity index (χ3n) is 4.36. The molecular formula is C19H26N6O2. The summed E-state index contributed by atoms with van der Waals surface area (Å²) >= 11 is 0. The number of carbonyl (C=O) groups is 1. The normalized spacial score (nSPS) is 16.4. The maximum atomic E-state index is 12.6. The number of para-hydroxylation sites is 1. The highest BCUT2D eigenvalue weighted by Gasteiger charge is 2.27. The van der Waals surface area contributed by atoms with Crippen molar-refractivity contribution in [2.45, 2.75) is 13.0 Å². The average molecular weight is 370 g/mol. The maximum Gasteiger partial charge on any atom is 0.246 e. The van der Waals surface area contributed by atoms with Crippen molar-refractivity contribution in [3.8, 4) is 5.75 Å². The number of hydrogen-bond acceptors (Lipinski definition) is 4. The Kier molecular flexibility index (Phi) is 5.95. The van der Waals surface area contributed by atoms with Gasteiger partial charge in [0.25, 0.3) is 0 Å². The first-order valence-electron chi connectivity index (χ1n) is 9.03. The van der Waals surface area contributed by atoms with Crippen LogP contribution in [0.15, 0.2) is 47.7 Å². The van der Waals surface area contributed by atoms with Gasteiger partial charge in [-0.2, -0.15) is 5.10 Å². The Morgan fingerprint density at radius 2 is 2.11 bits per heavy atom. The summed E-state index contributed by atoms with van der Waals surface area (Å²) in [6.45, 7) is 4.18.